The maximum atomic E-state index is 12.2. The van der Waals surface area contributed by atoms with E-state index in [1.54, 1.807) is 37.0 Å². The summed E-state index contributed by atoms with van der Waals surface area (Å²) in [6.45, 7) is 1.79. The van der Waals surface area contributed by atoms with Gasteiger partial charge in [0.15, 0.2) is 16.0 Å². The Balaban J connectivity index is 1.88. The zero-order valence-electron chi connectivity index (χ0n) is 10.4. The van der Waals surface area contributed by atoms with Crippen LogP contribution in [0.25, 0.3) is 10.8 Å². The SMILES string of the molecule is Cc1nc(-c2ncccn2)sc1C(=O)Nc1nccs1. The molecule has 0 fully saturated rings. The van der Waals surface area contributed by atoms with Crippen LogP contribution in [-0.4, -0.2) is 25.8 Å². The second-order valence-corrected chi connectivity index (χ2v) is 5.69. The molecule has 20 heavy (non-hydrogen) atoms. The number of aromatic nitrogens is 4. The van der Waals surface area contributed by atoms with Gasteiger partial charge in [-0.05, 0) is 13.0 Å². The molecule has 3 aromatic heterocycles. The summed E-state index contributed by atoms with van der Waals surface area (Å²) < 4.78 is 0. The van der Waals surface area contributed by atoms with E-state index in [-0.39, 0.29) is 5.91 Å². The summed E-state index contributed by atoms with van der Waals surface area (Å²) in [7, 11) is 0. The second kappa shape index (κ2) is 5.43. The van der Waals surface area contributed by atoms with Crippen LogP contribution in [-0.2, 0) is 0 Å². The number of aryl methyl sites for hydroxylation is 1. The lowest BCUT2D eigenvalue weighted by Crippen LogP contribution is -2.11. The van der Waals surface area contributed by atoms with Crippen molar-refractivity contribution in [1.82, 2.24) is 19.9 Å². The molecule has 3 aromatic rings. The molecule has 1 amide bonds. The third-order valence-electron chi connectivity index (χ3n) is 2.41. The van der Waals surface area contributed by atoms with Crippen molar-refractivity contribution in [3.8, 4) is 10.8 Å². The summed E-state index contributed by atoms with van der Waals surface area (Å²) in [5.41, 5.74) is 0.659. The summed E-state index contributed by atoms with van der Waals surface area (Å²) in [5, 5.41) is 5.75. The highest BCUT2D eigenvalue weighted by Gasteiger charge is 2.18. The van der Waals surface area contributed by atoms with Gasteiger partial charge >= 0.3 is 0 Å². The van der Waals surface area contributed by atoms with Gasteiger partial charge < -0.3 is 0 Å². The van der Waals surface area contributed by atoms with Crippen LogP contribution in [0.4, 0.5) is 5.13 Å². The van der Waals surface area contributed by atoms with Gasteiger partial charge in [0.1, 0.15) is 4.88 Å². The fraction of sp³-hybridized carbons (Fsp3) is 0.0833. The van der Waals surface area contributed by atoms with E-state index in [9.17, 15) is 4.79 Å². The van der Waals surface area contributed by atoms with E-state index >= 15 is 0 Å². The Morgan fingerprint density at radius 2 is 2.00 bits per heavy atom. The minimum absolute atomic E-state index is 0.211. The fourth-order valence-corrected chi connectivity index (χ4v) is 2.98. The molecule has 3 heterocycles. The second-order valence-electron chi connectivity index (χ2n) is 3.80. The first-order chi connectivity index (χ1) is 9.74. The first kappa shape index (κ1) is 12.8. The fourth-order valence-electron chi connectivity index (χ4n) is 1.55. The molecule has 0 radical (unpaired) electrons. The van der Waals surface area contributed by atoms with Crippen molar-refractivity contribution in [3.63, 3.8) is 0 Å². The molecule has 100 valence electrons. The van der Waals surface area contributed by atoms with Gasteiger partial charge in [-0.3, -0.25) is 10.1 Å². The lowest BCUT2D eigenvalue weighted by molar-refractivity contribution is 0.103. The van der Waals surface area contributed by atoms with Gasteiger partial charge in [0.25, 0.3) is 5.91 Å². The largest absolute Gasteiger partial charge is 0.297 e. The summed E-state index contributed by atoms with van der Waals surface area (Å²) >= 11 is 2.64. The summed E-state index contributed by atoms with van der Waals surface area (Å²) in [4.78, 5) is 29.3. The number of thiazole rings is 2. The van der Waals surface area contributed by atoms with Crippen LogP contribution < -0.4 is 5.32 Å². The Kier molecular flexibility index (Phi) is 3.48. The van der Waals surface area contributed by atoms with Gasteiger partial charge in [0, 0.05) is 24.0 Å². The average Bonchev–Trinajstić information content (AvgIpc) is 3.09. The molecule has 0 saturated carbocycles. The number of hydrogen-bond donors (Lipinski definition) is 1. The molecular formula is C12H9N5OS2. The maximum Gasteiger partial charge on any atom is 0.269 e. The van der Waals surface area contributed by atoms with Crippen LogP contribution in [0.5, 0.6) is 0 Å². The average molecular weight is 303 g/mol. The van der Waals surface area contributed by atoms with Crippen molar-refractivity contribution < 1.29 is 4.79 Å². The lowest BCUT2D eigenvalue weighted by Gasteiger charge is -1.98. The van der Waals surface area contributed by atoms with Crippen LogP contribution in [0.15, 0.2) is 30.0 Å². The van der Waals surface area contributed by atoms with Crippen molar-refractivity contribution in [2.45, 2.75) is 6.92 Å². The molecule has 3 rings (SSSR count). The van der Waals surface area contributed by atoms with E-state index < -0.39 is 0 Å². The zero-order valence-corrected chi connectivity index (χ0v) is 12.0. The van der Waals surface area contributed by atoms with E-state index in [2.05, 4.69) is 25.3 Å². The smallest absolute Gasteiger partial charge is 0.269 e. The normalized spacial score (nSPS) is 10.4. The first-order valence-corrected chi connectivity index (χ1v) is 7.39. The minimum atomic E-state index is -0.211. The van der Waals surface area contributed by atoms with Crippen LogP contribution >= 0.6 is 22.7 Å². The summed E-state index contributed by atoms with van der Waals surface area (Å²) in [6.07, 6.45) is 4.94. The number of nitrogens with zero attached hydrogens (tertiary/aromatic N) is 4. The van der Waals surface area contributed by atoms with Gasteiger partial charge in [-0.1, -0.05) is 0 Å². The third-order valence-corrected chi connectivity index (χ3v) is 4.25. The van der Waals surface area contributed by atoms with Gasteiger partial charge in [0.2, 0.25) is 0 Å². The molecule has 0 atom stereocenters. The number of rotatable bonds is 3. The van der Waals surface area contributed by atoms with Crippen molar-refractivity contribution in [3.05, 3.63) is 40.6 Å². The predicted molar refractivity (Wildman–Crippen MR) is 77.9 cm³/mol. The Bertz CT molecular complexity index is 724. The number of hydrogen-bond acceptors (Lipinski definition) is 7. The minimum Gasteiger partial charge on any atom is -0.297 e. The van der Waals surface area contributed by atoms with E-state index in [0.29, 0.717) is 26.5 Å². The molecule has 0 aromatic carbocycles. The van der Waals surface area contributed by atoms with Gasteiger partial charge in [-0.15, -0.1) is 22.7 Å². The van der Waals surface area contributed by atoms with Crippen LogP contribution in [0, 0.1) is 6.92 Å². The van der Waals surface area contributed by atoms with Gasteiger partial charge in [-0.2, -0.15) is 0 Å². The zero-order chi connectivity index (χ0) is 13.9. The van der Waals surface area contributed by atoms with E-state index in [4.69, 9.17) is 0 Å². The lowest BCUT2D eigenvalue weighted by atomic mass is 10.4. The quantitative estimate of drug-likeness (QED) is 0.804. The van der Waals surface area contributed by atoms with Crippen LogP contribution in [0.3, 0.4) is 0 Å². The Morgan fingerprint density at radius 3 is 2.70 bits per heavy atom. The predicted octanol–water partition coefficient (Wildman–Crippen LogP) is 2.62. The maximum absolute atomic E-state index is 12.2. The molecule has 0 aliphatic heterocycles. The first-order valence-electron chi connectivity index (χ1n) is 5.69. The highest BCUT2D eigenvalue weighted by atomic mass is 32.1. The molecule has 1 N–H and O–H groups in total. The molecule has 0 saturated heterocycles. The summed E-state index contributed by atoms with van der Waals surface area (Å²) in [6, 6.07) is 1.74. The van der Waals surface area contributed by atoms with E-state index in [1.165, 1.54) is 22.7 Å². The molecule has 0 bridgehead atoms. The molecular weight excluding hydrogens is 294 g/mol. The van der Waals surface area contributed by atoms with Gasteiger partial charge in [-0.25, -0.2) is 19.9 Å². The van der Waals surface area contributed by atoms with E-state index in [0.717, 1.165) is 0 Å². The molecule has 0 aliphatic carbocycles. The van der Waals surface area contributed by atoms with Crippen LogP contribution in [0.1, 0.15) is 15.4 Å². The Morgan fingerprint density at radius 1 is 1.20 bits per heavy atom. The standard InChI is InChI=1S/C12H9N5OS2/c1-7-8(10(18)17-12-15-5-6-19-12)20-11(16-7)9-13-3-2-4-14-9/h2-6H,1H3,(H,15,17,18). The Labute approximate surface area is 122 Å². The molecule has 8 heteroatoms. The number of amides is 1. The summed E-state index contributed by atoms with van der Waals surface area (Å²) in [5.74, 6) is 0.311. The van der Waals surface area contributed by atoms with E-state index in [1.807, 2.05) is 0 Å². The topological polar surface area (TPSA) is 80.7 Å². The third kappa shape index (κ3) is 2.56. The molecule has 0 unspecified atom stereocenters. The number of nitrogens with one attached hydrogen (secondary N) is 1. The highest BCUT2D eigenvalue weighted by Crippen LogP contribution is 2.26. The molecule has 0 aliphatic rings. The number of carbonyl (C=O) groups excluding carboxylic acids is 1. The van der Waals surface area contributed by atoms with Crippen LogP contribution in [0.2, 0.25) is 0 Å². The van der Waals surface area contributed by atoms with Crippen molar-refractivity contribution in [1.29, 1.82) is 0 Å². The highest BCUT2D eigenvalue weighted by molar-refractivity contribution is 7.17. The molecule has 6 nitrogen and oxygen atoms in total. The Hall–Kier alpha value is -2.19. The number of carbonyl (C=O) groups is 1. The monoisotopic (exact) mass is 303 g/mol. The molecule has 0 spiro atoms. The van der Waals surface area contributed by atoms with Crippen molar-refractivity contribution in [2.75, 3.05) is 5.32 Å². The number of anilines is 1. The van der Waals surface area contributed by atoms with Gasteiger partial charge in [0.05, 0.1) is 5.69 Å². The van der Waals surface area contributed by atoms with Crippen molar-refractivity contribution >= 4 is 33.7 Å². The van der Waals surface area contributed by atoms with Crippen molar-refractivity contribution in [2.24, 2.45) is 0 Å².